The van der Waals surface area contributed by atoms with Gasteiger partial charge in [0.15, 0.2) is 0 Å². The predicted octanol–water partition coefficient (Wildman–Crippen LogP) is 4.29. The Morgan fingerprint density at radius 2 is 1.79 bits per heavy atom. The molecular formula is C23H23ClFN3O4S. The van der Waals surface area contributed by atoms with Crippen molar-refractivity contribution in [3.05, 3.63) is 70.2 Å². The van der Waals surface area contributed by atoms with Crippen LogP contribution in [0.15, 0.2) is 51.9 Å². The number of carbonyl (C=O) groups excluding carboxylic acids is 1. The summed E-state index contributed by atoms with van der Waals surface area (Å²) in [5.41, 5.74) is 1.13. The van der Waals surface area contributed by atoms with Gasteiger partial charge in [0, 0.05) is 26.2 Å². The Hall–Kier alpha value is -2.75. The van der Waals surface area contributed by atoms with Crippen molar-refractivity contribution >= 4 is 27.5 Å². The second-order valence-corrected chi connectivity index (χ2v) is 10.3. The van der Waals surface area contributed by atoms with E-state index in [1.54, 1.807) is 36.1 Å². The molecule has 1 aliphatic heterocycles. The molecule has 1 aromatic heterocycles. The van der Waals surface area contributed by atoms with E-state index in [4.69, 9.17) is 16.1 Å². The van der Waals surface area contributed by atoms with Gasteiger partial charge in [-0.15, -0.1) is 0 Å². The fraction of sp³-hybridized carbons (Fsp3) is 0.304. The number of aromatic nitrogens is 1. The quantitative estimate of drug-likeness (QED) is 0.543. The number of sulfonamides is 1. The molecule has 2 heterocycles. The highest BCUT2D eigenvalue weighted by Gasteiger charge is 2.32. The van der Waals surface area contributed by atoms with Gasteiger partial charge >= 0.3 is 0 Å². The molecular weight excluding hydrogens is 469 g/mol. The molecule has 33 heavy (non-hydrogen) atoms. The van der Waals surface area contributed by atoms with Gasteiger partial charge in [-0.1, -0.05) is 40.5 Å². The average molecular weight is 492 g/mol. The van der Waals surface area contributed by atoms with E-state index in [0.717, 1.165) is 5.56 Å². The highest BCUT2D eigenvalue weighted by Crippen LogP contribution is 2.34. The first-order chi connectivity index (χ1) is 15.7. The number of carbonyl (C=O) groups is 1. The van der Waals surface area contributed by atoms with E-state index in [1.807, 2.05) is 6.92 Å². The molecule has 1 aliphatic rings. The first kappa shape index (κ1) is 23.4. The molecule has 2 aromatic carbocycles. The van der Waals surface area contributed by atoms with Crippen molar-refractivity contribution in [1.29, 1.82) is 0 Å². The van der Waals surface area contributed by atoms with Gasteiger partial charge in [-0.25, -0.2) is 12.8 Å². The summed E-state index contributed by atoms with van der Waals surface area (Å²) < 4.78 is 47.2. The summed E-state index contributed by atoms with van der Waals surface area (Å²) in [6.07, 6.45) is 0.455. The van der Waals surface area contributed by atoms with E-state index in [1.165, 1.54) is 22.5 Å². The van der Waals surface area contributed by atoms with Gasteiger partial charge in [0.1, 0.15) is 22.8 Å². The summed E-state index contributed by atoms with van der Waals surface area (Å²) in [7, 11) is -3.68. The van der Waals surface area contributed by atoms with Crippen molar-refractivity contribution in [2.24, 2.45) is 0 Å². The Morgan fingerprint density at radius 3 is 2.48 bits per heavy atom. The molecule has 0 saturated carbocycles. The molecule has 0 bridgehead atoms. The maximum atomic E-state index is 14.5. The van der Waals surface area contributed by atoms with E-state index in [9.17, 15) is 17.6 Å². The summed E-state index contributed by atoms with van der Waals surface area (Å²) in [6.45, 7) is 4.41. The molecule has 0 atom stereocenters. The van der Waals surface area contributed by atoms with E-state index in [0.29, 0.717) is 13.0 Å². The van der Waals surface area contributed by atoms with Crippen molar-refractivity contribution in [3.8, 4) is 11.3 Å². The maximum Gasteiger partial charge on any atom is 0.259 e. The van der Waals surface area contributed by atoms with Crippen LogP contribution in [0.5, 0.6) is 0 Å². The van der Waals surface area contributed by atoms with E-state index in [-0.39, 0.29) is 52.1 Å². The summed E-state index contributed by atoms with van der Waals surface area (Å²) in [4.78, 5) is 15.2. The number of amides is 1. The van der Waals surface area contributed by atoms with E-state index < -0.39 is 21.7 Å². The van der Waals surface area contributed by atoms with Gasteiger partial charge < -0.3 is 9.42 Å². The molecule has 10 heteroatoms. The zero-order valence-electron chi connectivity index (χ0n) is 18.2. The highest BCUT2D eigenvalue weighted by molar-refractivity contribution is 7.89. The lowest BCUT2D eigenvalue weighted by atomic mass is 10.0. The average Bonchev–Trinajstić information content (AvgIpc) is 2.98. The van der Waals surface area contributed by atoms with Crippen molar-refractivity contribution in [1.82, 2.24) is 14.4 Å². The molecule has 0 spiro atoms. The van der Waals surface area contributed by atoms with Crippen LogP contribution in [0.1, 0.15) is 28.1 Å². The fourth-order valence-corrected chi connectivity index (χ4v) is 5.60. The first-order valence-corrected chi connectivity index (χ1v) is 12.3. The van der Waals surface area contributed by atoms with Gasteiger partial charge in [0.05, 0.1) is 15.5 Å². The lowest BCUT2D eigenvalue weighted by molar-refractivity contribution is 0.0763. The van der Waals surface area contributed by atoms with Crippen LogP contribution in [0.25, 0.3) is 11.3 Å². The molecule has 0 aliphatic carbocycles. The molecule has 1 saturated heterocycles. The zero-order valence-corrected chi connectivity index (χ0v) is 19.8. The Morgan fingerprint density at radius 1 is 1.06 bits per heavy atom. The molecule has 1 fully saturated rings. The van der Waals surface area contributed by atoms with Crippen molar-refractivity contribution in [3.63, 3.8) is 0 Å². The van der Waals surface area contributed by atoms with Gasteiger partial charge in [-0.2, -0.15) is 4.31 Å². The Bertz CT molecular complexity index is 1270. The minimum absolute atomic E-state index is 0.00207. The molecule has 174 valence electrons. The molecule has 0 radical (unpaired) electrons. The predicted molar refractivity (Wildman–Crippen MR) is 122 cm³/mol. The SMILES string of the molecule is Cc1ccc(S(=O)(=O)N2CCCN(C(=O)c3c(-c4c(F)cccc4Cl)noc3C)CC2)cc1. The number of rotatable bonds is 4. The number of halogens is 2. The van der Waals surface area contributed by atoms with Crippen molar-refractivity contribution in [2.45, 2.75) is 25.2 Å². The molecule has 4 rings (SSSR count). The summed E-state index contributed by atoms with van der Waals surface area (Å²) in [6, 6.07) is 10.9. The fourth-order valence-electron chi connectivity index (χ4n) is 3.87. The van der Waals surface area contributed by atoms with Crippen LogP contribution in [0.2, 0.25) is 5.02 Å². The van der Waals surface area contributed by atoms with Gasteiger partial charge in [-0.05, 0) is 44.5 Å². The normalized spacial score (nSPS) is 15.5. The lowest BCUT2D eigenvalue weighted by Crippen LogP contribution is -2.37. The van der Waals surface area contributed by atoms with Crippen LogP contribution in [0, 0.1) is 19.7 Å². The minimum atomic E-state index is -3.68. The van der Waals surface area contributed by atoms with E-state index >= 15 is 0 Å². The number of benzene rings is 2. The number of aryl methyl sites for hydroxylation is 2. The summed E-state index contributed by atoms with van der Waals surface area (Å²) in [5.74, 6) is -0.781. The third kappa shape index (κ3) is 4.53. The Balaban J connectivity index is 1.58. The molecule has 0 unspecified atom stereocenters. The highest BCUT2D eigenvalue weighted by atomic mass is 35.5. The van der Waals surface area contributed by atoms with Crippen LogP contribution < -0.4 is 0 Å². The first-order valence-electron chi connectivity index (χ1n) is 10.5. The van der Waals surface area contributed by atoms with Crippen molar-refractivity contribution in [2.75, 3.05) is 26.2 Å². The van der Waals surface area contributed by atoms with Crippen molar-refractivity contribution < 1.29 is 22.1 Å². The Kier molecular flexibility index (Phi) is 6.56. The monoisotopic (exact) mass is 491 g/mol. The van der Waals surface area contributed by atoms with Crippen LogP contribution >= 0.6 is 11.6 Å². The molecule has 0 N–H and O–H groups in total. The number of nitrogens with zero attached hydrogens (tertiary/aromatic N) is 3. The zero-order chi connectivity index (χ0) is 23.8. The number of hydrogen-bond acceptors (Lipinski definition) is 5. The smallest absolute Gasteiger partial charge is 0.259 e. The lowest BCUT2D eigenvalue weighted by Gasteiger charge is -2.22. The minimum Gasteiger partial charge on any atom is -0.360 e. The molecule has 3 aromatic rings. The third-order valence-corrected chi connectivity index (χ3v) is 7.90. The summed E-state index contributed by atoms with van der Waals surface area (Å²) in [5, 5.41) is 4.01. The van der Waals surface area contributed by atoms with Gasteiger partial charge in [0.2, 0.25) is 10.0 Å². The summed E-state index contributed by atoms with van der Waals surface area (Å²) >= 11 is 6.18. The molecule has 7 nitrogen and oxygen atoms in total. The second-order valence-electron chi connectivity index (χ2n) is 7.92. The largest absolute Gasteiger partial charge is 0.360 e. The standard InChI is InChI=1S/C23H23ClFN3O4S/c1-15-7-9-17(10-8-15)33(30,31)28-12-4-11-27(13-14-28)23(29)20-16(2)32-26-22(20)21-18(24)5-3-6-19(21)25/h3,5-10H,4,11-14H2,1-2H3. The maximum absolute atomic E-state index is 14.5. The van der Waals surface area contributed by atoms with Crippen LogP contribution in [-0.4, -0.2) is 54.9 Å². The van der Waals surface area contributed by atoms with Gasteiger partial charge in [0.25, 0.3) is 5.91 Å². The van der Waals surface area contributed by atoms with Crippen LogP contribution in [-0.2, 0) is 10.0 Å². The van der Waals surface area contributed by atoms with E-state index in [2.05, 4.69) is 5.16 Å². The van der Waals surface area contributed by atoms with Crippen LogP contribution in [0.3, 0.4) is 0 Å². The third-order valence-electron chi connectivity index (χ3n) is 5.68. The number of hydrogen-bond donors (Lipinski definition) is 0. The van der Waals surface area contributed by atoms with Gasteiger partial charge in [-0.3, -0.25) is 4.79 Å². The Labute approximate surface area is 196 Å². The second kappa shape index (κ2) is 9.24. The topological polar surface area (TPSA) is 83.7 Å². The molecule has 1 amide bonds. The van der Waals surface area contributed by atoms with Crippen LogP contribution in [0.4, 0.5) is 4.39 Å².